The van der Waals surface area contributed by atoms with Gasteiger partial charge in [-0.25, -0.2) is 11.3 Å². The largest absolute Gasteiger partial charge is 0.387 e. The van der Waals surface area contributed by atoms with E-state index in [-0.39, 0.29) is 21.1 Å². The summed E-state index contributed by atoms with van der Waals surface area (Å²) in [6.45, 7) is 0. The number of aryl methyl sites for hydroxylation is 1. The van der Waals surface area contributed by atoms with E-state index in [9.17, 15) is 0 Å². The van der Waals surface area contributed by atoms with Crippen molar-refractivity contribution >= 4 is 11.3 Å². The van der Waals surface area contributed by atoms with Crippen LogP contribution in [0.15, 0.2) is 42.3 Å². The summed E-state index contributed by atoms with van der Waals surface area (Å²) in [6.07, 6.45) is 7.35. The van der Waals surface area contributed by atoms with Gasteiger partial charge in [-0.05, 0) is 19.2 Å². The molecule has 0 unspecified atom stereocenters. The second kappa shape index (κ2) is 5.59. The molecule has 0 bridgehead atoms. The summed E-state index contributed by atoms with van der Waals surface area (Å²) in [7, 11) is 1.99. The quantitative estimate of drug-likeness (QED) is 0.580. The zero-order chi connectivity index (χ0) is 11.7. The van der Waals surface area contributed by atoms with Gasteiger partial charge in [-0.3, -0.25) is 4.98 Å². The van der Waals surface area contributed by atoms with Crippen LogP contribution in [-0.2, 0) is 28.1 Å². The average Bonchev–Trinajstić information content (AvgIpc) is 2.98. The first-order chi connectivity index (χ1) is 8.36. The molecule has 3 rings (SSSR count). The Kier molecular flexibility index (Phi) is 4.10. The van der Waals surface area contributed by atoms with Crippen LogP contribution in [0.2, 0.25) is 0 Å². The van der Waals surface area contributed by atoms with E-state index < -0.39 is 0 Å². The normalized spacial score (nSPS) is 10.1. The summed E-state index contributed by atoms with van der Waals surface area (Å²) in [6, 6.07) is 7.27. The summed E-state index contributed by atoms with van der Waals surface area (Å²) in [5.41, 5.74) is 2.21. The molecule has 0 atom stereocenters. The molecule has 0 saturated carbocycles. The molecule has 0 aliphatic rings. The third-order valence-electron chi connectivity index (χ3n) is 2.59. The maximum Gasteiger partial charge on any atom is 0.0295 e. The number of hydrogen-bond donors (Lipinski definition) is 0. The number of hydrogen-bond acceptors (Lipinski definition) is 3. The Hall–Kier alpha value is -1.25. The Bertz CT molecular complexity index is 630. The number of nitrogens with zero attached hydrogens (tertiary/aromatic N) is 3. The van der Waals surface area contributed by atoms with Gasteiger partial charge in [0.05, 0.1) is 0 Å². The van der Waals surface area contributed by atoms with Crippen LogP contribution >= 0.6 is 11.3 Å². The summed E-state index contributed by atoms with van der Waals surface area (Å²) in [5.74, 6) is 0.943. The molecule has 0 fully saturated rings. The third-order valence-corrected chi connectivity index (χ3v) is 3.51. The van der Waals surface area contributed by atoms with Crippen molar-refractivity contribution in [2.75, 3.05) is 0 Å². The zero-order valence-electron chi connectivity index (χ0n) is 9.61. The van der Waals surface area contributed by atoms with E-state index in [0.717, 1.165) is 17.0 Å². The molecule has 3 heterocycles. The van der Waals surface area contributed by atoms with Crippen LogP contribution in [0.5, 0.6) is 0 Å². The minimum atomic E-state index is 0. The maximum atomic E-state index is 4.37. The summed E-state index contributed by atoms with van der Waals surface area (Å²) in [5, 5.41) is 1.97. The standard InChI is InChI=1S/C13H10N3S.Pt/c1-16-8-7-15-13(16)11-4-9-17-12(11)10-2-5-14-6-3-10;/h2-3,5-9H,1H3;/q-1;. The average molecular weight is 435 g/mol. The van der Waals surface area contributed by atoms with Gasteiger partial charge in [-0.15, -0.1) is 5.56 Å². The van der Waals surface area contributed by atoms with Gasteiger partial charge in [0.15, 0.2) is 0 Å². The first kappa shape index (κ1) is 13.2. The molecule has 0 saturated heterocycles. The SMILES string of the molecule is Cn1ccnc1-c1[c-]csc1-c1ccncc1.[Pt]. The van der Waals surface area contributed by atoms with Gasteiger partial charge in [-0.1, -0.05) is 15.8 Å². The molecule has 5 heteroatoms. The Morgan fingerprint density at radius 2 is 2.00 bits per heavy atom. The fourth-order valence-electron chi connectivity index (χ4n) is 1.76. The van der Waals surface area contributed by atoms with Crippen LogP contribution in [0, 0.1) is 6.07 Å². The van der Waals surface area contributed by atoms with Crippen LogP contribution in [0.25, 0.3) is 21.8 Å². The van der Waals surface area contributed by atoms with E-state index in [1.54, 1.807) is 29.9 Å². The molecule has 0 aliphatic carbocycles. The topological polar surface area (TPSA) is 30.7 Å². The van der Waals surface area contributed by atoms with E-state index in [1.807, 2.05) is 35.3 Å². The monoisotopic (exact) mass is 435 g/mol. The van der Waals surface area contributed by atoms with Gasteiger partial charge in [0, 0.05) is 51.7 Å². The Morgan fingerprint density at radius 1 is 1.22 bits per heavy atom. The minimum Gasteiger partial charge on any atom is -0.387 e. The van der Waals surface area contributed by atoms with Crippen molar-refractivity contribution in [1.29, 1.82) is 0 Å². The van der Waals surface area contributed by atoms with E-state index in [2.05, 4.69) is 16.0 Å². The first-order valence-corrected chi connectivity index (χ1v) is 6.11. The van der Waals surface area contributed by atoms with Gasteiger partial charge in [0.25, 0.3) is 0 Å². The predicted molar refractivity (Wildman–Crippen MR) is 68.6 cm³/mol. The fraction of sp³-hybridized carbons (Fsp3) is 0.0769. The number of pyridine rings is 1. The molecule has 3 aromatic rings. The number of imidazole rings is 1. The van der Waals surface area contributed by atoms with Gasteiger partial charge in [0.2, 0.25) is 0 Å². The van der Waals surface area contributed by atoms with Crippen molar-refractivity contribution in [3.63, 3.8) is 0 Å². The molecule has 18 heavy (non-hydrogen) atoms. The van der Waals surface area contributed by atoms with E-state index >= 15 is 0 Å². The van der Waals surface area contributed by atoms with Crippen molar-refractivity contribution in [1.82, 2.24) is 14.5 Å². The second-order valence-corrected chi connectivity index (χ2v) is 4.56. The second-order valence-electron chi connectivity index (χ2n) is 3.68. The van der Waals surface area contributed by atoms with Gasteiger partial charge in [0.1, 0.15) is 0 Å². The molecule has 3 nitrogen and oxygen atoms in total. The Balaban J connectivity index is 0.00000120. The van der Waals surface area contributed by atoms with E-state index in [4.69, 9.17) is 0 Å². The first-order valence-electron chi connectivity index (χ1n) is 5.23. The van der Waals surface area contributed by atoms with E-state index in [0.29, 0.717) is 0 Å². The van der Waals surface area contributed by atoms with Crippen molar-refractivity contribution in [2.45, 2.75) is 0 Å². The van der Waals surface area contributed by atoms with Gasteiger partial charge < -0.3 is 9.55 Å². The minimum absolute atomic E-state index is 0. The zero-order valence-corrected chi connectivity index (χ0v) is 12.7. The molecule has 0 N–H and O–H groups in total. The summed E-state index contributed by atoms with van der Waals surface area (Å²) in [4.78, 5) is 9.59. The van der Waals surface area contributed by atoms with Crippen LogP contribution in [0.3, 0.4) is 0 Å². The fourth-order valence-corrected chi connectivity index (χ4v) is 2.59. The van der Waals surface area contributed by atoms with Crippen LogP contribution in [0.4, 0.5) is 0 Å². The smallest absolute Gasteiger partial charge is 0.0295 e. The molecule has 0 spiro atoms. The van der Waals surface area contributed by atoms with Crippen LogP contribution in [0.1, 0.15) is 0 Å². The van der Waals surface area contributed by atoms with Crippen LogP contribution < -0.4 is 0 Å². The van der Waals surface area contributed by atoms with Gasteiger partial charge >= 0.3 is 0 Å². The Labute approximate surface area is 124 Å². The molecule has 0 radical (unpaired) electrons. The van der Waals surface area contributed by atoms with Crippen LogP contribution in [-0.4, -0.2) is 14.5 Å². The Morgan fingerprint density at radius 3 is 2.67 bits per heavy atom. The predicted octanol–water partition coefficient (Wildman–Crippen LogP) is 3.01. The van der Waals surface area contributed by atoms with E-state index in [1.165, 1.54) is 4.88 Å². The summed E-state index contributed by atoms with van der Waals surface area (Å²) < 4.78 is 2.00. The third kappa shape index (κ3) is 2.31. The number of rotatable bonds is 2. The molecular weight excluding hydrogens is 425 g/mol. The van der Waals surface area contributed by atoms with Crippen molar-refractivity contribution < 1.29 is 21.1 Å². The summed E-state index contributed by atoms with van der Waals surface area (Å²) >= 11 is 1.67. The van der Waals surface area contributed by atoms with Crippen molar-refractivity contribution in [2.24, 2.45) is 7.05 Å². The molecule has 0 aromatic carbocycles. The maximum absolute atomic E-state index is 4.37. The molecule has 0 aliphatic heterocycles. The van der Waals surface area contributed by atoms with Gasteiger partial charge in [-0.2, -0.15) is 6.07 Å². The molecular formula is C13H10N3PtS-. The van der Waals surface area contributed by atoms with Crippen molar-refractivity contribution in [3.05, 3.63) is 48.4 Å². The molecule has 94 valence electrons. The molecule has 3 aromatic heterocycles. The number of thiophene rings is 1. The number of aromatic nitrogens is 3. The van der Waals surface area contributed by atoms with Crippen molar-refractivity contribution in [3.8, 4) is 21.8 Å². The molecule has 0 amide bonds.